The van der Waals surface area contributed by atoms with Gasteiger partial charge >= 0.3 is 0 Å². The first-order valence-electron chi connectivity index (χ1n) is 8.01. The standard InChI is InChI=1S/C21H14N2O2/c1-2-15(17-6-8-24-12-17)10-19(3-1)23-14-22-20-11-16(4-5-21(20)23)18-7-9-25-13-18/h1-14H. The molecule has 25 heavy (non-hydrogen) atoms. The van der Waals surface area contributed by atoms with Crippen LogP contribution in [-0.2, 0) is 0 Å². The average Bonchev–Trinajstić information content (AvgIpc) is 3.42. The summed E-state index contributed by atoms with van der Waals surface area (Å²) in [6.07, 6.45) is 8.72. The van der Waals surface area contributed by atoms with Crippen LogP contribution in [0.1, 0.15) is 0 Å². The lowest BCUT2D eigenvalue weighted by atomic mass is 10.1. The molecule has 3 heterocycles. The normalized spacial score (nSPS) is 11.2. The molecule has 3 aromatic heterocycles. The molecule has 0 aliphatic heterocycles. The summed E-state index contributed by atoms with van der Waals surface area (Å²) in [5.41, 5.74) is 7.41. The van der Waals surface area contributed by atoms with Crippen molar-refractivity contribution in [2.75, 3.05) is 0 Å². The number of benzene rings is 2. The molecule has 2 aromatic carbocycles. The highest BCUT2D eigenvalue weighted by atomic mass is 16.3. The second-order valence-corrected chi connectivity index (χ2v) is 5.89. The SMILES string of the molecule is c1cc(-c2ccoc2)cc(-n2cnc3cc(-c4ccoc4)ccc32)c1. The molecule has 4 heteroatoms. The number of furan rings is 2. The van der Waals surface area contributed by atoms with Crippen LogP contribution in [0.15, 0.2) is 94.8 Å². The number of hydrogen-bond acceptors (Lipinski definition) is 3. The van der Waals surface area contributed by atoms with Crippen molar-refractivity contribution in [1.82, 2.24) is 9.55 Å². The van der Waals surface area contributed by atoms with Crippen LogP contribution in [0, 0.1) is 0 Å². The van der Waals surface area contributed by atoms with Gasteiger partial charge in [-0.1, -0.05) is 18.2 Å². The Bertz CT molecular complexity index is 1140. The van der Waals surface area contributed by atoms with Crippen molar-refractivity contribution < 1.29 is 8.83 Å². The van der Waals surface area contributed by atoms with E-state index in [4.69, 9.17) is 8.83 Å². The third-order valence-electron chi connectivity index (χ3n) is 4.38. The molecular formula is C21H14N2O2. The lowest BCUT2D eigenvalue weighted by Crippen LogP contribution is -1.92. The topological polar surface area (TPSA) is 44.1 Å². The summed E-state index contributed by atoms with van der Waals surface area (Å²) in [6.45, 7) is 0. The van der Waals surface area contributed by atoms with Crippen LogP contribution in [0.2, 0.25) is 0 Å². The summed E-state index contributed by atoms with van der Waals surface area (Å²) in [4.78, 5) is 4.57. The Morgan fingerprint density at radius 1 is 0.720 bits per heavy atom. The van der Waals surface area contributed by atoms with Crippen molar-refractivity contribution in [2.45, 2.75) is 0 Å². The van der Waals surface area contributed by atoms with Gasteiger partial charge in [0.15, 0.2) is 0 Å². The van der Waals surface area contributed by atoms with Gasteiger partial charge in [-0.2, -0.15) is 0 Å². The first-order valence-corrected chi connectivity index (χ1v) is 8.01. The zero-order valence-corrected chi connectivity index (χ0v) is 13.3. The minimum Gasteiger partial charge on any atom is -0.472 e. The molecule has 0 bridgehead atoms. The molecule has 120 valence electrons. The molecule has 0 radical (unpaired) electrons. The fraction of sp³-hybridized carbons (Fsp3) is 0. The predicted molar refractivity (Wildman–Crippen MR) is 96.5 cm³/mol. The summed E-state index contributed by atoms with van der Waals surface area (Å²) in [6, 6.07) is 18.5. The second kappa shape index (κ2) is 5.53. The van der Waals surface area contributed by atoms with E-state index in [9.17, 15) is 0 Å². The number of rotatable bonds is 3. The van der Waals surface area contributed by atoms with E-state index >= 15 is 0 Å². The smallest absolute Gasteiger partial charge is 0.100 e. The van der Waals surface area contributed by atoms with Gasteiger partial charge in [0.25, 0.3) is 0 Å². The highest BCUT2D eigenvalue weighted by Crippen LogP contribution is 2.27. The lowest BCUT2D eigenvalue weighted by Gasteiger charge is -2.07. The van der Waals surface area contributed by atoms with Crippen molar-refractivity contribution in [3.05, 3.63) is 86.0 Å². The van der Waals surface area contributed by atoms with Gasteiger partial charge in [-0.25, -0.2) is 4.98 Å². The van der Waals surface area contributed by atoms with E-state index in [1.54, 1.807) is 25.1 Å². The van der Waals surface area contributed by atoms with Crippen LogP contribution in [-0.4, -0.2) is 9.55 Å². The van der Waals surface area contributed by atoms with Crippen LogP contribution in [0.25, 0.3) is 39.0 Å². The fourth-order valence-corrected chi connectivity index (χ4v) is 3.09. The van der Waals surface area contributed by atoms with E-state index in [0.717, 1.165) is 39.0 Å². The van der Waals surface area contributed by atoms with E-state index < -0.39 is 0 Å². The zero-order valence-electron chi connectivity index (χ0n) is 13.3. The molecule has 0 fully saturated rings. The number of fused-ring (bicyclic) bond motifs is 1. The third kappa shape index (κ3) is 2.35. The third-order valence-corrected chi connectivity index (χ3v) is 4.38. The van der Waals surface area contributed by atoms with E-state index in [0.29, 0.717) is 0 Å². The van der Waals surface area contributed by atoms with Gasteiger partial charge in [0, 0.05) is 16.8 Å². The summed E-state index contributed by atoms with van der Waals surface area (Å²) in [5.74, 6) is 0. The molecule has 0 saturated carbocycles. The van der Waals surface area contributed by atoms with E-state index in [1.165, 1.54) is 0 Å². The van der Waals surface area contributed by atoms with Gasteiger partial charge in [-0.3, -0.25) is 4.57 Å². The predicted octanol–water partition coefficient (Wildman–Crippen LogP) is 5.55. The van der Waals surface area contributed by atoms with Gasteiger partial charge in [0.2, 0.25) is 0 Å². The van der Waals surface area contributed by atoms with E-state index in [1.807, 2.05) is 24.5 Å². The van der Waals surface area contributed by atoms with Gasteiger partial charge in [-0.05, 0) is 47.5 Å². The summed E-state index contributed by atoms with van der Waals surface area (Å²) < 4.78 is 12.5. The Labute approximate surface area is 144 Å². The molecule has 5 aromatic rings. The Hall–Kier alpha value is -3.53. The Morgan fingerprint density at radius 3 is 2.20 bits per heavy atom. The van der Waals surface area contributed by atoms with Gasteiger partial charge in [0.05, 0.1) is 36.1 Å². The zero-order chi connectivity index (χ0) is 16.6. The highest BCUT2D eigenvalue weighted by molar-refractivity contribution is 5.83. The first kappa shape index (κ1) is 13.9. The van der Waals surface area contributed by atoms with Crippen LogP contribution in [0.3, 0.4) is 0 Å². The molecule has 0 unspecified atom stereocenters. The van der Waals surface area contributed by atoms with Gasteiger partial charge in [-0.15, -0.1) is 0 Å². The van der Waals surface area contributed by atoms with Crippen LogP contribution in [0.5, 0.6) is 0 Å². The maximum Gasteiger partial charge on any atom is 0.100 e. The van der Waals surface area contributed by atoms with Crippen LogP contribution in [0.4, 0.5) is 0 Å². The number of nitrogens with zero attached hydrogens (tertiary/aromatic N) is 2. The van der Waals surface area contributed by atoms with Crippen molar-refractivity contribution in [3.8, 4) is 27.9 Å². The molecule has 5 rings (SSSR count). The number of aromatic nitrogens is 2. The largest absolute Gasteiger partial charge is 0.472 e. The van der Waals surface area contributed by atoms with Gasteiger partial charge < -0.3 is 8.83 Å². The van der Waals surface area contributed by atoms with Crippen molar-refractivity contribution in [3.63, 3.8) is 0 Å². The minimum atomic E-state index is 0.951. The minimum absolute atomic E-state index is 0.951. The maximum atomic E-state index is 5.19. The Balaban J connectivity index is 1.61. The molecule has 0 N–H and O–H groups in total. The molecule has 0 aliphatic rings. The first-order chi connectivity index (χ1) is 12.4. The quantitative estimate of drug-likeness (QED) is 0.437. The molecule has 4 nitrogen and oxygen atoms in total. The monoisotopic (exact) mass is 326 g/mol. The van der Waals surface area contributed by atoms with E-state index in [-0.39, 0.29) is 0 Å². The summed E-state index contributed by atoms with van der Waals surface area (Å²) >= 11 is 0. The second-order valence-electron chi connectivity index (χ2n) is 5.89. The Morgan fingerprint density at radius 2 is 1.48 bits per heavy atom. The van der Waals surface area contributed by atoms with Crippen LogP contribution < -0.4 is 0 Å². The van der Waals surface area contributed by atoms with Gasteiger partial charge in [0.1, 0.15) is 6.33 Å². The summed E-state index contributed by atoms with van der Waals surface area (Å²) in [7, 11) is 0. The molecule has 0 saturated heterocycles. The number of hydrogen-bond donors (Lipinski definition) is 0. The molecular weight excluding hydrogens is 312 g/mol. The van der Waals surface area contributed by atoms with Crippen LogP contribution >= 0.6 is 0 Å². The van der Waals surface area contributed by atoms with Crippen molar-refractivity contribution in [2.24, 2.45) is 0 Å². The fourth-order valence-electron chi connectivity index (χ4n) is 3.09. The van der Waals surface area contributed by atoms with E-state index in [2.05, 4.69) is 45.9 Å². The average molecular weight is 326 g/mol. The summed E-state index contributed by atoms with van der Waals surface area (Å²) in [5, 5.41) is 0. The number of imidazole rings is 1. The van der Waals surface area contributed by atoms with Crippen molar-refractivity contribution in [1.29, 1.82) is 0 Å². The molecule has 0 atom stereocenters. The maximum absolute atomic E-state index is 5.19. The lowest BCUT2D eigenvalue weighted by molar-refractivity contribution is 0.568. The molecule has 0 amide bonds. The Kier molecular flexibility index (Phi) is 3.07. The molecule has 0 spiro atoms. The molecule has 0 aliphatic carbocycles. The highest BCUT2D eigenvalue weighted by Gasteiger charge is 2.08. The van der Waals surface area contributed by atoms with Crippen molar-refractivity contribution >= 4 is 11.0 Å².